The second kappa shape index (κ2) is 7.37. The summed E-state index contributed by atoms with van der Waals surface area (Å²) in [6, 6.07) is 3.86. The van der Waals surface area contributed by atoms with Crippen LogP contribution in [0.4, 0.5) is 0 Å². The van der Waals surface area contributed by atoms with Gasteiger partial charge in [-0.1, -0.05) is 11.6 Å². The number of sulfonamides is 1. The van der Waals surface area contributed by atoms with Crippen LogP contribution in [0.2, 0.25) is 5.02 Å². The first-order valence-corrected chi connectivity index (χ1v) is 11.2. The Morgan fingerprint density at radius 2 is 2.08 bits per heavy atom. The van der Waals surface area contributed by atoms with Crippen molar-refractivity contribution in [2.75, 3.05) is 39.1 Å². The zero-order valence-corrected chi connectivity index (χ0v) is 17.2. The zero-order chi connectivity index (χ0) is 18.2. The summed E-state index contributed by atoms with van der Waals surface area (Å²) in [4.78, 5) is 0.377. The molecule has 0 radical (unpaired) electrons. The van der Waals surface area contributed by atoms with Crippen LogP contribution in [-0.4, -0.2) is 62.6 Å². The Morgan fingerprint density at radius 1 is 1.36 bits per heavy atom. The van der Waals surface area contributed by atoms with Gasteiger partial charge in [0.25, 0.3) is 0 Å². The maximum absolute atomic E-state index is 13.0. The number of hydrogen-bond donors (Lipinski definition) is 1. The summed E-state index contributed by atoms with van der Waals surface area (Å²) in [6.07, 6.45) is 1.01. The van der Waals surface area contributed by atoms with E-state index in [-0.39, 0.29) is 4.75 Å². The topological polar surface area (TPSA) is 58.6 Å². The first kappa shape index (κ1) is 19.5. The summed E-state index contributed by atoms with van der Waals surface area (Å²) < 4.78 is 32.7. The molecular formula is C17H25ClN2O3S2. The van der Waals surface area contributed by atoms with Crippen LogP contribution < -0.4 is 5.32 Å². The molecule has 2 heterocycles. The highest BCUT2D eigenvalue weighted by molar-refractivity contribution is 8.01. The number of rotatable bonds is 6. The molecule has 3 rings (SSSR count). The molecule has 1 aromatic carbocycles. The van der Waals surface area contributed by atoms with Crippen molar-refractivity contribution in [1.82, 2.24) is 9.62 Å². The molecule has 2 aliphatic heterocycles. The second-order valence-corrected chi connectivity index (χ2v) is 10.8. The Morgan fingerprint density at radius 3 is 2.76 bits per heavy atom. The lowest BCUT2D eigenvalue weighted by Gasteiger charge is -2.46. The minimum atomic E-state index is -3.45. The van der Waals surface area contributed by atoms with Crippen LogP contribution in [0.5, 0.6) is 0 Å². The van der Waals surface area contributed by atoms with Gasteiger partial charge in [-0.2, -0.15) is 16.1 Å². The first-order chi connectivity index (χ1) is 11.8. The van der Waals surface area contributed by atoms with Crippen LogP contribution in [0.1, 0.15) is 17.5 Å². The van der Waals surface area contributed by atoms with E-state index in [0.717, 1.165) is 24.3 Å². The average molecular weight is 405 g/mol. The highest BCUT2D eigenvalue weighted by Crippen LogP contribution is 2.47. The lowest BCUT2D eigenvalue weighted by atomic mass is 9.94. The highest BCUT2D eigenvalue weighted by Gasteiger charge is 2.52. The van der Waals surface area contributed by atoms with E-state index in [4.69, 9.17) is 16.3 Å². The molecule has 2 aliphatic rings. The van der Waals surface area contributed by atoms with Gasteiger partial charge in [0.2, 0.25) is 10.0 Å². The maximum atomic E-state index is 13.0. The minimum absolute atomic E-state index is 0.0627. The molecule has 5 nitrogen and oxygen atoms in total. The predicted octanol–water partition coefficient (Wildman–Crippen LogP) is 2.44. The Kier molecular flexibility index (Phi) is 5.73. The Labute approximate surface area is 159 Å². The largest absolute Gasteiger partial charge is 0.383 e. The van der Waals surface area contributed by atoms with Crippen LogP contribution in [0, 0.1) is 13.8 Å². The number of ether oxygens (including phenoxy) is 1. The second-order valence-electron chi connectivity index (χ2n) is 6.98. The normalized spacial score (nSPS) is 23.1. The van der Waals surface area contributed by atoms with Crippen molar-refractivity contribution in [3.63, 3.8) is 0 Å². The molecule has 2 saturated heterocycles. The molecular weight excluding hydrogens is 380 g/mol. The molecule has 1 unspecified atom stereocenters. The van der Waals surface area contributed by atoms with Gasteiger partial charge < -0.3 is 10.1 Å². The number of halogens is 1. The molecule has 1 atom stereocenters. The van der Waals surface area contributed by atoms with Crippen LogP contribution in [0.25, 0.3) is 0 Å². The molecule has 0 amide bonds. The number of benzene rings is 1. The number of thioether (sulfide) groups is 1. The molecule has 0 aliphatic carbocycles. The molecule has 25 heavy (non-hydrogen) atoms. The standard InChI is InChI=1S/C17H25ClN2O3S2/c1-12-7-16(13(2)6-15(12)18)25(21,22)20-10-17(11-20)8-14(9-24-17)19-4-5-23-3/h6-7,14,19H,4-5,8-11H2,1-3H3. The summed E-state index contributed by atoms with van der Waals surface area (Å²) in [5, 5.41) is 4.09. The zero-order valence-electron chi connectivity index (χ0n) is 14.8. The summed E-state index contributed by atoms with van der Waals surface area (Å²) in [6.45, 7) is 6.34. The lowest BCUT2D eigenvalue weighted by molar-refractivity contribution is 0.189. The average Bonchev–Trinajstić information content (AvgIpc) is 2.94. The van der Waals surface area contributed by atoms with Gasteiger partial charge in [0.05, 0.1) is 11.5 Å². The number of hydrogen-bond acceptors (Lipinski definition) is 5. The van der Waals surface area contributed by atoms with E-state index in [1.165, 1.54) is 0 Å². The van der Waals surface area contributed by atoms with Crippen molar-refractivity contribution in [3.05, 3.63) is 28.3 Å². The van der Waals surface area contributed by atoms with Gasteiger partial charge >= 0.3 is 0 Å². The molecule has 8 heteroatoms. The molecule has 1 spiro atoms. The molecule has 1 aromatic rings. The molecule has 0 saturated carbocycles. The summed E-state index contributed by atoms with van der Waals surface area (Å²) in [5.74, 6) is 1.02. The minimum Gasteiger partial charge on any atom is -0.383 e. The smallest absolute Gasteiger partial charge is 0.243 e. The van der Waals surface area contributed by atoms with E-state index in [9.17, 15) is 8.42 Å². The van der Waals surface area contributed by atoms with Gasteiger partial charge in [-0.3, -0.25) is 0 Å². The van der Waals surface area contributed by atoms with Crippen LogP contribution in [-0.2, 0) is 14.8 Å². The molecule has 1 N–H and O–H groups in total. The van der Waals surface area contributed by atoms with Gasteiger partial charge in [0.15, 0.2) is 0 Å². The number of methoxy groups -OCH3 is 1. The Hall–Kier alpha value is -0.310. The van der Waals surface area contributed by atoms with Crippen LogP contribution in [0.3, 0.4) is 0 Å². The monoisotopic (exact) mass is 404 g/mol. The predicted molar refractivity (Wildman–Crippen MR) is 103 cm³/mol. The van der Waals surface area contributed by atoms with Crippen molar-refractivity contribution < 1.29 is 13.2 Å². The van der Waals surface area contributed by atoms with Crippen LogP contribution in [0.15, 0.2) is 17.0 Å². The van der Waals surface area contributed by atoms with E-state index in [2.05, 4.69) is 5.32 Å². The van der Waals surface area contributed by atoms with Crippen molar-refractivity contribution in [3.8, 4) is 0 Å². The van der Waals surface area contributed by atoms with Gasteiger partial charge in [-0.05, 0) is 43.5 Å². The highest BCUT2D eigenvalue weighted by atomic mass is 35.5. The molecule has 140 valence electrons. The van der Waals surface area contributed by atoms with Crippen molar-refractivity contribution in [1.29, 1.82) is 0 Å². The number of nitrogens with one attached hydrogen (secondary N) is 1. The number of aryl methyl sites for hydroxylation is 2. The molecule has 0 bridgehead atoms. The van der Waals surface area contributed by atoms with Gasteiger partial charge in [-0.15, -0.1) is 0 Å². The van der Waals surface area contributed by atoms with Crippen molar-refractivity contribution in [2.24, 2.45) is 0 Å². The quantitative estimate of drug-likeness (QED) is 0.738. The van der Waals surface area contributed by atoms with Crippen molar-refractivity contribution >= 4 is 33.4 Å². The molecule has 2 fully saturated rings. The van der Waals surface area contributed by atoms with E-state index in [1.54, 1.807) is 30.5 Å². The third-order valence-corrected chi connectivity index (χ3v) is 8.90. The fourth-order valence-electron chi connectivity index (χ4n) is 3.50. The third kappa shape index (κ3) is 3.87. The number of nitrogens with zero attached hydrogens (tertiary/aromatic N) is 1. The maximum Gasteiger partial charge on any atom is 0.243 e. The van der Waals surface area contributed by atoms with Crippen molar-refractivity contribution in [2.45, 2.75) is 36.0 Å². The summed E-state index contributed by atoms with van der Waals surface area (Å²) in [7, 11) is -1.76. The third-order valence-electron chi connectivity index (χ3n) is 4.95. The Balaban J connectivity index is 1.65. The van der Waals surface area contributed by atoms with E-state index in [1.807, 2.05) is 18.7 Å². The Bertz CT molecular complexity index is 749. The van der Waals surface area contributed by atoms with Gasteiger partial charge in [0.1, 0.15) is 0 Å². The van der Waals surface area contributed by atoms with Gasteiger partial charge in [0, 0.05) is 48.3 Å². The van der Waals surface area contributed by atoms with E-state index >= 15 is 0 Å². The fourth-order valence-corrected chi connectivity index (χ4v) is 7.39. The van der Waals surface area contributed by atoms with E-state index < -0.39 is 10.0 Å². The SMILES string of the molecule is COCCNC1CSC2(C1)CN(S(=O)(=O)c1cc(C)c(Cl)cc1C)C2. The van der Waals surface area contributed by atoms with Gasteiger partial charge in [-0.25, -0.2) is 8.42 Å². The lowest BCUT2D eigenvalue weighted by Crippen LogP contribution is -2.60. The molecule has 0 aromatic heterocycles. The summed E-state index contributed by atoms with van der Waals surface area (Å²) in [5.41, 5.74) is 1.49. The first-order valence-electron chi connectivity index (χ1n) is 8.41. The van der Waals surface area contributed by atoms with Crippen LogP contribution >= 0.6 is 23.4 Å². The van der Waals surface area contributed by atoms with E-state index in [0.29, 0.717) is 41.2 Å². The fraction of sp³-hybridized carbons (Fsp3) is 0.647. The summed E-state index contributed by atoms with van der Waals surface area (Å²) >= 11 is 7.99.